The Bertz CT molecular complexity index is 491. The lowest BCUT2D eigenvalue weighted by molar-refractivity contribution is 0.491. The Labute approximate surface area is 107 Å². The summed E-state index contributed by atoms with van der Waals surface area (Å²) in [5.41, 5.74) is 8.19. The standard InChI is InChI=1S/C15H16ClN/c1-15(17,13-8-3-2-4-9-13)11-12-7-5-6-10-14(12)16/h2-10H,11,17H2,1H3. The van der Waals surface area contributed by atoms with Crippen molar-refractivity contribution < 1.29 is 0 Å². The van der Waals surface area contributed by atoms with Crippen LogP contribution in [0.3, 0.4) is 0 Å². The lowest BCUT2D eigenvalue weighted by Crippen LogP contribution is -2.35. The third kappa shape index (κ3) is 2.87. The van der Waals surface area contributed by atoms with E-state index in [1.807, 2.05) is 49.4 Å². The van der Waals surface area contributed by atoms with Crippen molar-refractivity contribution in [3.05, 3.63) is 70.7 Å². The Morgan fingerprint density at radius 3 is 2.24 bits per heavy atom. The van der Waals surface area contributed by atoms with Gasteiger partial charge in [-0.1, -0.05) is 60.1 Å². The van der Waals surface area contributed by atoms with Crippen molar-refractivity contribution in [2.24, 2.45) is 5.73 Å². The van der Waals surface area contributed by atoms with Crippen molar-refractivity contribution in [3.63, 3.8) is 0 Å². The molecule has 2 aromatic carbocycles. The van der Waals surface area contributed by atoms with Gasteiger partial charge in [-0.05, 0) is 30.5 Å². The molecule has 2 aromatic rings. The minimum Gasteiger partial charge on any atom is -0.321 e. The summed E-state index contributed by atoms with van der Waals surface area (Å²) in [6, 6.07) is 18.0. The zero-order chi connectivity index (χ0) is 12.3. The van der Waals surface area contributed by atoms with Crippen LogP contribution < -0.4 is 5.73 Å². The molecule has 0 aliphatic heterocycles. The van der Waals surface area contributed by atoms with Crippen LogP contribution >= 0.6 is 11.6 Å². The largest absolute Gasteiger partial charge is 0.321 e. The Morgan fingerprint density at radius 1 is 1.00 bits per heavy atom. The molecule has 0 radical (unpaired) electrons. The molecule has 1 atom stereocenters. The van der Waals surface area contributed by atoms with Gasteiger partial charge < -0.3 is 5.73 Å². The number of halogens is 1. The third-order valence-electron chi connectivity index (χ3n) is 2.95. The van der Waals surface area contributed by atoms with Gasteiger partial charge in [-0.3, -0.25) is 0 Å². The quantitative estimate of drug-likeness (QED) is 0.876. The Balaban J connectivity index is 2.27. The molecule has 0 aliphatic rings. The van der Waals surface area contributed by atoms with Crippen molar-refractivity contribution in [2.45, 2.75) is 18.9 Å². The zero-order valence-corrected chi connectivity index (χ0v) is 10.6. The minimum atomic E-state index is -0.397. The molecule has 88 valence electrons. The van der Waals surface area contributed by atoms with E-state index in [1.165, 1.54) is 0 Å². The highest BCUT2D eigenvalue weighted by molar-refractivity contribution is 6.31. The fourth-order valence-electron chi connectivity index (χ4n) is 1.96. The van der Waals surface area contributed by atoms with Crippen LogP contribution in [0.2, 0.25) is 5.02 Å². The number of hydrogen-bond donors (Lipinski definition) is 1. The molecule has 0 bridgehead atoms. The van der Waals surface area contributed by atoms with Crippen LogP contribution in [-0.2, 0) is 12.0 Å². The van der Waals surface area contributed by atoms with Gasteiger partial charge in [0.1, 0.15) is 0 Å². The second-order valence-electron chi connectivity index (χ2n) is 4.55. The van der Waals surface area contributed by atoms with Gasteiger partial charge in [0.25, 0.3) is 0 Å². The van der Waals surface area contributed by atoms with Crippen molar-refractivity contribution >= 4 is 11.6 Å². The van der Waals surface area contributed by atoms with E-state index in [9.17, 15) is 0 Å². The van der Waals surface area contributed by atoms with Crippen molar-refractivity contribution in [1.82, 2.24) is 0 Å². The van der Waals surface area contributed by atoms with Gasteiger partial charge in [0.05, 0.1) is 0 Å². The normalized spacial score (nSPS) is 14.3. The van der Waals surface area contributed by atoms with E-state index in [-0.39, 0.29) is 0 Å². The molecular formula is C15H16ClN. The molecule has 0 amide bonds. The number of benzene rings is 2. The highest BCUT2D eigenvalue weighted by Gasteiger charge is 2.22. The summed E-state index contributed by atoms with van der Waals surface area (Å²) in [6.45, 7) is 2.03. The SMILES string of the molecule is CC(N)(Cc1ccccc1Cl)c1ccccc1. The molecule has 1 unspecified atom stereocenters. The molecule has 2 N–H and O–H groups in total. The summed E-state index contributed by atoms with van der Waals surface area (Å²) < 4.78 is 0. The number of rotatable bonds is 3. The first-order chi connectivity index (χ1) is 8.09. The molecular weight excluding hydrogens is 230 g/mol. The van der Waals surface area contributed by atoms with Crippen LogP contribution in [0.15, 0.2) is 54.6 Å². The average Bonchev–Trinajstić information content (AvgIpc) is 2.33. The molecule has 2 heteroatoms. The topological polar surface area (TPSA) is 26.0 Å². The van der Waals surface area contributed by atoms with Crippen molar-refractivity contribution in [3.8, 4) is 0 Å². The van der Waals surface area contributed by atoms with Crippen molar-refractivity contribution in [2.75, 3.05) is 0 Å². The molecule has 0 heterocycles. The van der Waals surface area contributed by atoms with E-state index < -0.39 is 5.54 Å². The van der Waals surface area contributed by atoms with Crippen LogP contribution in [0.25, 0.3) is 0 Å². The molecule has 17 heavy (non-hydrogen) atoms. The summed E-state index contributed by atoms with van der Waals surface area (Å²) in [4.78, 5) is 0. The van der Waals surface area contributed by atoms with E-state index in [1.54, 1.807) is 0 Å². The second-order valence-corrected chi connectivity index (χ2v) is 4.96. The average molecular weight is 246 g/mol. The maximum Gasteiger partial charge on any atom is 0.0438 e. The molecule has 0 spiro atoms. The predicted octanol–water partition coefficient (Wildman–Crippen LogP) is 3.76. The van der Waals surface area contributed by atoms with Gasteiger partial charge in [-0.15, -0.1) is 0 Å². The molecule has 2 rings (SSSR count). The van der Waals surface area contributed by atoms with Crippen LogP contribution in [0.1, 0.15) is 18.1 Å². The van der Waals surface area contributed by atoms with Gasteiger partial charge >= 0.3 is 0 Å². The van der Waals surface area contributed by atoms with Gasteiger partial charge in [0.15, 0.2) is 0 Å². The fourth-order valence-corrected chi connectivity index (χ4v) is 2.16. The van der Waals surface area contributed by atoms with E-state index in [0.717, 1.165) is 22.6 Å². The Kier molecular flexibility index (Phi) is 3.51. The molecule has 0 aliphatic carbocycles. The van der Waals surface area contributed by atoms with Gasteiger partial charge in [-0.25, -0.2) is 0 Å². The summed E-state index contributed by atoms with van der Waals surface area (Å²) in [6.07, 6.45) is 0.733. The number of nitrogens with two attached hydrogens (primary N) is 1. The van der Waals surface area contributed by atoms with E-state index in [2.05, 4.69) is 12.1 Å². The van der Waals surface area contributed by atoms with E-state index >= 15 is 0 Å². The smallest absolute Gasteiger partial charge is 0.0438 e. The fraction of sp³-hybridized carbons (Fsp3) is 0.200. The van der Waals surface area contributed by atoms with Crippen LogP contribution in [0, 0.1) is 0 Å². The number of hydrogen-bond acceptors (Lipinski definition) is 1. The summed E-state index contributed by atoms with van der Waals surface area (Å²) in [7, 11) is 0. The second kappa shape index (κ2) is 4.91. The molecule has 0 aromatic heterocycles. The third-order valence-corrected chi connectivity index (χ3v) is 3.32. The highest BCUT2D eigenvalue weighted by atomic mass is 35.5. The van der Waals surface area contributed by atoms with Crippen LogP contribution in [0.5, 0.6) is 0 Å². The first kappa shape index (κ1) is 12.2. The predicted molar refractivity (Wildman–Crippen MR) is 73.1 cm³/mol. The first-order valence-corrected chi connectivity index (χ1v) is 6.05. The maximum atomic E-state index is 6.38. The lowest BCUT2D eigenvalue weighted by Gasteiger charge is -2.25. The minimum absolute atomic E-state index is 0.397. The lowest BCUT2D eigenvalue weighted by atomic mass is 9.87. The van der Waals surface area contributed by atoms with Crippen molar-refractivity contribution in [1.29, 1.82) is 0 Å². The Morgan fingerprint density at radius 2 is 1.59 bits per heavy atom. The molecule has 0 saturated carbocycles. The monoisotopic (exact) mass is 245 g/mol. The molecule has 0 saturated heterocycles. The maximum absolute atomic E-state index is 6.38. The van der Waals surface area contributed by atoms with Gasteiger partial charge in [0, 0.05) is 10.6 Å². The molecule has 0 fully saturated rings. The van der Waals surface area contributed by atoms with Crippen LogP contribution in [-0.4, -0.2) is 0 Å². The van der Waals surface area contributed by atoms with Gasteiger partial charge in [-0.2, -0.15) is 0 Å². The Hall–Kier alpha value is -1.31. The zero-order valence-electron chi connectivity index (χ0n) is 9.86. The summed E-state index contributed by atoms with van der Waals surface area (Å²) in [5.74, 6) is 0. The summed E-state index contributed by atoms with van der Waals surface area (Å²) in [5, 5.41) is 0.778. The van der Waals surface area contributed by atoms with E-state index in [4.69, 9.17) is 17.3 Å². The van der Waals surface area contributed by atoms with Crippen LogP contribution in [0.4, 0.5) is 0 Å². The van der Waals surface area contributed by atoms with Gasteiger partial charge in [0.2, 0.25) is 0 Å². The van der Waals surface area contributed by atoms with E-state index in [0.29, 0.717) is 0 Å². The molecule has 1 nitrogen and oxygen atoms in total. The summed E-state index contributed by atoms with van der Waals surface area (Å²) >= 11 is 6.16. The first-order valence-electron chi connectivity index (χ1n) is 5.67. The highest BCUT2D eigenvalue weighted by Crippen LogP contribution is 2.26.